The summed E-state index contributed by atoms with van der Waals surface area (Å²) < 4.78 is 6.76. The highest BCUT2D eigenvalue weighted by Gasteiger charge is 2.37. The summed E-state index contributed by atoms with van der Waals surface area (Å²) >= 11 is 6.59. The molecule has 2 heterocycles. The number of carbonyl (C=O) groups excluding carboxylic acids is 2. The molecule has 1 aliphatic rings. The predicted octanol–water partition coefficient (Wildman–Crippen LogP) is 3.42. The molecule has 0 N–H and O–H groups in total. The van der Waals surface area contributed by atoms with Gasteiger partial charge in [0.1, 0.15) is 5.76 Å². The van der Waals surface area contributed by atoms with Crippen LogP contribution in [0.3, 0.4) is 0 Å². The van der Waals surface area contributed by atoms with Gasteiger partial charge >= 0.3 is 5.91 Å². The van der Waals surface area contributed by atoms with Crippen LogP contribution in [0.25, 0.3) is 0 Å². The number of nitrogens with zero attached hydrogens (tertiary/aromatic N) is 2. The number of anilines is 1. The first kappa shape index (κ1) is 15.5. The van der Waals surface area contributed by atoms with E-state index in [2.05, 4.69) is 31.9 Å². The molecule has 0 saturated heterocycles. The molecule has 0 unspecified atom stereocenters. The first-order valence-corrected chi connectivity index (χ1v) is 8.13. The number of rotatable bonds is 4. The molecule has 3 rings (SSSR count). The van der Waals surface area contributed by atoms with Crippen molar-refractivity contribution in [3.8, 4) is 0 Å². The van der Waals surface area contributed by atoms with Gasteiger partial charge < -0.3 is 4.42 Å². The van der Waals surface area contributed by atoms with Crippen molar-refractivity contribution in [2.45, 2.75) is 6.54 Å². The fraction of sp³-hybridized carbons (Fsp3) is 0.200. The van der Waals surface area contributed by atoms with Gasteiger partial charge in [-0.05, 0) is 63.2 Å². The van der Waals surface area contributed by atoms with E-state index < -0.39 is 11.7 Å². The number of furan rings is 1. The molecule has 0 spiro atoms. The van der Waals surface area contributed by atoms with Gasteiger partial charge in [0.15, 0.2) is 4.67 Å². The van der Waals surface area contributed by atoms with Crippen LogP contribution in [0.4, 0.5) is 5.69 Å². The molecule has 5 nitrogen and oxygen atoms in total. The van der Waals surface area contributed by atoms with Gasteiger partial charge in [-0.25, -0.2) is 0 Å². The van der Waals surface area contributed by atoms with E-state index in [9.17, 15) is 9.59 Å². The highest BCUT2D eigenvalue weighted by atomic mass is 79.9. The topological polar surface area (TPSA) is 53.8 Å². The SMILES string of the molecule is CN(Cc1ccc(Br)o1)CN1C(=O)C(=O)c2c(Br)cccc21. The molecule has 0 fully saturated rings. The molecule has 114 valence electrons. The van der Waals surface area contributed by atoms with Crippen molar-refractivity contribution in [2.75, 3.05) is 18.6 Å². The van der Waals surface area contributed by atoms with Crippen molar-refractivity contribution < 1.29 is 14.0 Å². The molecule has 1 amide bonds. The van der Waals surface area contributed by atoms with E-state index in [0.29, 0.717) is 33.6 Å². The molecule has 1 aliphatic heterocycles. The summed E-state index contributed by atoms with van der Waals surface area (Å²) in [6.07, 6.45) is 0. The standard InChI is InChI=1S/C15H12Br2N2O3/c1-18(7-9-5-6-12(17)22-9)8-19-11-4-2-3-10(16)13(11)14(20)15(19)21/h2-6H,7-8H2,1H3. The van der Waals surface area contributed by atoms with E-state index in [0.717, 1.165) is 5.76 Å². The molecule has 0 bridgehead atoms. The fourth-order valence-electron chi connectivity index (χ4n) is 2.44. The Morgan fingerprint density at radius 2 is 1.95 bits per heavy atom. The average molecular weight is 428 g/mol. The van der Waals surface area contributed by atoms with Crippen LogP contribution in [0, 0.1) is 0 Å². The number of halogens is 2. The normalized spacial score (nSPS) is 14.1. The molecule has 0 radical (unpaired) electrons. The van der Waals surface area contributed by atoms with Crippen LogP contribution in [0.5, 0.6) is 0 Å². The lowest BCUT2D eigenvalue weighted by molar-refractivity contribution is -0.114. The van der Waals surface area contributed by atoms with E-state index in [-0.39, 0.29) is 0 Å². The van der Waals surface area contributed by atoms with Gasteiger partial charge in [-0.2, -0.15) is 0 Å². The van der Waals surface area contributed by atoms with Crippen LogP contribution in [0.15, 0.2) is 43.9 Å². The lowest BCUT2D eigenvalue weighted by Crippen LogP contribution is -2.38. The van der Waals surface area contributed by atoms with Crippen LogP contribution < -0.4 is 4.90 Å². The summed E-state index contributed by atoms with van der Waals surface area (Å²) in [5, 5.41) is 0. The summed E-state index contributed by atoms with van der Waals surface area (Å²) in [6.45, 7) is 0.846. The summed E-state index contributed by atoms with van der Waals surface area (Å²) in [6, 6.07) is 9.03. The number of carbonyl (C=O) groups is 2. The van der Waals surface area contributed by atoms with Crippen molar-refractivity contribution in [3.05, 3.63) is 50.8 Å². The maximum Gasteiger partial charge on any atom is 0.300 e. The molecule has 1 aromatic carbocycles. The number of amides is 1. The molecular weight excluding hydrogens is 416 g/mol. The summed E-state index contributed by atoms with van der Waals surface area (Å²) in [5.41, 5.74) is 1.07. The lowest BCUT2D eigenvalue weighted by atomic mass is 10.1. The number of hydrogen-bond acceptors (Lipinski definition) is 4. The van der Waals surface area contributed by atoms with Gasteiger partial charge in [0.2, 0.25) is 0 Å². The number of benzene rings is 1. The third-order valence-corrected chi connectivity index (χ3v) is 4.47. The zero-order chi connectivity index (χ0) is 15.9. The second-order valence-corrected chi connectivity index (χ2v) is 6.69. The van der Waals surface area contributed by atoms with Crippen molar-refractivity contribution in [1.82, 2.24) is 4.90 Å². The van der Waals surface area contributed by atoms with Gasteiger partial charge in [0.05, 0.1) is 24.5 Å². The Morgan fingerprint density at radius 3 is 2.64 bits per heavy atom. The van der Waals surface area contributed by atoms with Gasteiger partial charge in [0, 0.05) is 4.47 Å². The largest absolute Gasteiger partial charge is 0.453 e. The first-order chi connectivity index (χ1) is 10.5. The third kappa shape index (κ3) is 2.76. The molecule has 0 saturated carbocycles. The monoisotopic (exact) mass is 426 g/mol. The Balaban J connectivity index is 1.80. The van der Waals surface area contributed by atoms with Gasteiger partial charge in [-0.3, -0.25) is 19.4 Å². The van der Waals surface area contributed by atoms with Gasteiger partial charge in [0.25, 0.3) is 5.78 Å². The van der Waals surface area contributed by atoms with E-state index in [1.165, 1.54) is 4.90 Å². The number of fused-ring (bicyclic) bond motifs is 1. The van der Waals surface area contributed by atoms with E-state index in [4.69, 9.17) is 4.42 Å². The van der Waals surface area contributed by atoms with Gasteiger partial charge in [-0.1, -0.05) is 6.07 Å². The number of hydrogen-bond donors (Lipinski definition) is 0. The Kier molecular flexibility index (Phi) is 4.20. The minimum absolute atomic E-state index is 0.312. The fourth-order valence-corrected chi connectivity index (χ4v) is 3.31. The lowest BCUT2D eigenvalue weighted by Gasteiger charge is -2.23. The molecule has 2 aromatic rings. The molecule has 1 aromatic heterocycles. The third-order valence-electron chi connectivity index (χ3n) is 3.39. The predicted molar refractivity (Wildman–Crippen MR) is 88.7 cm³/mol. The van der Waals surface area contributed by atoms with Crippen molar-refractivity contribution in [1.29, 1.82) is 0 Å². The van der Waals surface area contributed by atoms with Crippen LogP contribution in [-0.4, -0.2) is 30.3 Å². The zero-order valence-electron chi connectivity index (χ0n) is 11.7. The summed E-state index contributed by atoms with van der Waals surface area (Å²) in [4.78, 5) is 27.7. The number of Topliss-reactive ketones (excluding diaryl/α,β-unsaturated/α-hetero) is 1. The van der Waals surface area contributed by atoms with Gasteiger partial charge in [-0.15, -0.1) is 0 Å². The molecule has 0 aliphatic carbocycles. The average Bonchev–Trinajstić information content (AvgIpc) is 2.97. The maximum absolute atomic E-state index is 12.2. The van der Waals surface area contributed by atoms with E-state index >= 15 is 0 Å². The second kappa shape index (κ2) is 5.98. The highest BCUT2D eigenvalue weighted by molar-refractivity contribution is 9.10. The molecule has 0 atom stereocenters. The number of ketones is 1. The van der Waals surface area contributed by atoms with Crippen molar-refractivity contribution in [2.24, 2.45) is 0 Å². The maximum atomic E-state index is 12.2. The molecule has 7 heteroatoms. The summed E-state index contributed by atoms with van der Waals surface area (Å²) in [5.74, 6) is -0.201. The Bertz CT molecular complexity index is 757. The van der Waals surface area contributed by atoms with Crippen molar-refractivity contribution >= 4 is 49.2 Å². The van der Waals surface area contributed by atoms with Crippen LogP contribution in [0.2, 0.25) is 0 Å². The Labute approximate surface area is 144 Å². The van der Waals surface area contributed by atoms with E-state index in [1.807, 2.05) is 30.1 Å². The minimum atomic E-state index is -0.505. The first-order valence-electron chi connectivity index (χ1n) is 6.55. The molecular formula is C15H12Br2N2O3. The molecule has 22 heavy (non-hydrogen) atoms. The Morgan fingerprint density at radius 1 is 1.18 bits per heavy atom. The summed E-state index contributed by atoms with van der Waals surface area (Å²) in [7, 11) is 1.87. The quantitative estimate of drug-likeness (QED) is 0.701. The second-order valence-electron chi connectivity index (χ2n) is 5.06. The van der Waals surface area contributed by atoms with E-state index in [1.54, 1.807) is 12.1 Å². The van der Waals surface area contributed by atoms with Crippen LogP contribution in [-0.2, 0) is 11.3 Å². The Hall–Kier alpha value is -1.44. The van der Waals surface area contributed by atoms with Crippen molar-refractivity contribution in [3.63, 3.8) is 0 Å². The zero-order valence-corrected chi connectivity index (χ0v) is 14.8. The van der Waals surface area contributed by atoms with Crippen LogP contribution >= 0.6 is 31.9 Å². The highest BCUT2D eigenvalue weighted by Crippen LogP contribution is 2.34. The minimum Gasteiger partial charge on any atom is -0.453 e. The smallest absolute Gasteiger partial charge is 0.300 e. The van der Waals surface area contributed by atoms with Crippen LogP contribution in [0.1, 0.15) is 16.1 Å².